The number of alkyl halides is 3. The standard InChI is InChI=1S/C35H33F4N3/c1-2-3-21-42-32(33(28-15-9-5-10-16-28)40-34(42)29-17-11-6-12-18-29)25-41(23-26-13-7-4-8-14-26)24-27-19-20-30(31(36)22-27)35(37,38)39/h4-20,22H,2-3,21,23-25H2,1H3. The Morgan fingerprint density at radius 1 is 0.714 bits per heavy atom. The summed E-state index contributed by atoms with van der Waals surface area (Å²) in [6.07, 6.45) is -2.78. The highest BCUT2D eigenvalue weighted by molar-refractivity contribution is 5.68. The zero-order chi connectivity index (χ0) is 29.5. The van der Waals surface area contributed by atoms with Gasteiger partial charge in [0.1, 0.15) is 11.6 Å². The summed E-state index contributed by atoms with van der Waals surface area (Å²) in [6, 6.07) is 33.2. The van der Waals surface area contributed by atoms with Crippen molar-refractivity contribution < 1.29 is 17.6 Å². The third-order valence-corrected chi connectivity index (χ3v) is 7.25. The maximum Gasteiger partial charge on any atom is 0.419 e. The first-order valence-corrected chi connectivity index (χ1v) is 14.2. The fourth-order valence-corrected chi connectivity index (χ4v) is 5.20. The van der Waals surface area contributed by atoms with Crippen molar-refractivity contribution >= 4 is 0 Å². The Morgan fingerprint density at radius 3 is 1.90 bits per heavy atom. The zero-order valence-electron chi connectivity index (χ0n) is 23.5. The molecule has 0 amide bonds. The second kappa shape index (κ2) is 13.2. The van der Waals surface area contributed by atoms with Gasteiger partial charge >= 0.3 is 6.18 Å². The molecular formula is C35H33F4N3. The van der Waals surface area contributed by atoms with Crippen LogP contribution in [-0.4, -0.2) is 14.5 Å². The average molecular weight is 572 g/mol. The summed E-state index contributed by atoms with van der Waals surface area (Å²) in [4.78, 5) is 7.31. The van der Waals surface area contributed by atoms with Gasteiger partial charge in [0.15, 0.2) is 0 Å². The normalized spacial score (nSPS) is 11.8. The van der Waals surface area contributed by atoms with Gasteiger partial charge in [-0.15, -0.1) is 0 Å². The van der Waals surface area contributed by atoms with Crippen molar-refractivity contribution in [3.8, 4) is 22.6 Å². The van der Waals surface area contributed by atoms with Crippen LogP contribution in [0.25, 0.3) is 22.6 Å². The van der Waals surface area contributed by atoms with E-state index in [9.17, 15) is 17.6 Å². The van der Waals surface area contributed by atoms with Crippen LogP contribution in [0.1, 0.15) is 42.1 Å². The Kier molecular flexibility index (Phi) is 9.18. The number of imidazole rings is 1. The maximum atomic E-state index is 14.6. The molecule has 4 aromatic carbocycles. The lowest BCUT2D eigenvalue weighted by Crippen LogP contribution is -2.25. The molecule has 7 heteroatoms. The molecule has 0 N–H and O–H groups in total. The Labute approximate surface area is 244 Å². The van der Waals surface area contributed by atoms with Gasteiger partial charge in [0.05, 0.1) is 17.0 Å². The second-order valence-electron chi connectivity index (χ2n) is 10.4. The molecule has 5 aromatic rings. The molecule has 5 rings (SSSR count). The zero-order valence-corrected chi connectivity index (χ0v) is 23.5. The average Bonchev–Trinajstić information content (AvgIpc) is 3.34. The number of hydrogen-bond donors (Lipinski definition) is 0. The predicted molar refractivity (Wildman–Crippen MR) is 159 cm³/mol. The molecule has 0 radical (unpaired) electrons. The number of benzene rings is 4. The molecule has 0 saturated heterocycles. The Bertz CT molecular complexity index is 1580. The van der Waals surface area contributed by atoms with Crippen molar-refractivity contribution in [2.45, 2.75) is 52.1 Å². The molecular weight excluding hydrogens is 538 g/mol. The van der Waals surface area contributed by atoms with Crippen molar-refractivity contribution in [2.24, 2.45) is 0 Å². The molecule has 1 heterocycles. The van der Waals surface area contributed by atoms with Gasteiger partial charge in [-0.25, -0.2) is 9.37 Å². The van der Waals surface area contributed by atoms with Crippen LogP contribution >= 0.6 is 0 Å². The van der Waals surface area contributed by atoms with Gasteiger partial charge in [-0.1, -0.05) is 110 Å². The van der Waals surface area contributed by atoms with Crippen LogP contribution in [0.4, 0.5) is 17.6 Å². The van der Waals surface area contributed by atoms with E-state index in [2.05, 4.69) is 28.5 Å². The molecule has 0 spiro atoms. The highest BCUT2D eigenvalue weighted by Gasteiger charge is 2.34. The monoisotopic (exact) mass is 571 g/mol. The summed E-state index contributed by atoms with van der Waals surface area (Å²) in [5.41, 5.74) is 4.14. The minimum atomic E-state index is -4.74. The van der Waals surface area contributed by atoms with Crippen molar-refractivity contribution in [1.82, 2.24) is 14.5 Å². The molecule has 1 aromatic heterocycles. The Morgan fingerprint density at radius 2 is 1.31 bits per heavy atom. The van der Waals surface area contributed by atoms with E-state index in [1.807, 2.05) is 78.9 Å². The van der Waals surface area contributed by atoms with Crippen molar-refractivity contribution in [3.05, 3.63) is 137 Å². The Hall–Kier alpha value is -4.23. The van der Waals surface area contributed by atoms with Crippen molar-refractivity contribution in [3.63, 3.8) is 0 Å². The van der Waals surface area contributed by atoms with E-state index in [1.165, 1.54) is 6.07 Å². The van der Waals surface area contributed by atoms with Gasteiger partial charge in [-0.05, 0) is 29.7 Å². The van der Waals surface area contributed by atoms with Crippen molar-refractivity contribution in [1.29, 1.82) is 0 Å². The van der Waals surface area contributed by atoms with E-state index in [4.69, 9.17) is 4.98 Å². The van der Waals surface area contributed by atoms with Gasteiger partial charge < -0.3 is 4.57 Å². The highest BCUT2D eigenvalue weighted by Crippen LogP contribution is 2.33. The summed E-state index contributed by atoms with van der Waals surface area (Å²) in [5, 5.41) is 0. The lowest BCUT2D eigenvalue weighted by molar-refractivity contribution is -0.140. The fraction of sp³-hybridized carbons (Fsp3) is 0.229. The molecule has 0 aliphatic heterocycles. The maximum absolute atomic E-state index is 14.6. The first kappa shape index (κ1) is 29.3. The minimum Gasteiger partial charge on any atom is -0.326 e. The number of aromatic nitrogens is 2. The quantitative estimate of drug-likeness (QED) is 0.147. The molecule has 3 nitrogen and oxygen atoms in total. The molecule has 42 heavy (non-hydrogen) atoms. The molecule has 0 bridgehead atoms. The van der Waals surface area contributed by atoms with Crippen LogP contribution in [0, 0.1) is 5.82 Å². The molecule has 0 aliphatic rings. The molecule has 0 fully saturated rings. The van der Waals surface area contributed by atoms with E-state index in [0.29, 0.717) is 18.7 Å². The molecule has 216 valence electrons. The van der Waals surface area contributed by atoms with Crippen LogP contribution in [0.5, 0.6) is 0 Å². The van der Waals surface area contributed by atoms with Crippen molar-refractivity contribution in [2.75, 3.05) is 0 Å². The van der Waals surface area contributed by atoms with Gasteiger partial charge in [0.2, 0.25) is 0 Å². The van der Waals surface area contributed by atoms with Gasteiger partial charge in [0.25, 0.3) is 0 Å². The number of hydrogen-bond acceptors (Lipinski definition) is 2. The highest BCUT2D eigenvalue weighted by atomic mass is 19.4. The second-order valence-corrected chi connectivity index (χ2v) is 10.4. The smallest absolute Gasteiger partial charge is 0.326 e. The van der Waals surface area contributed by atoms with E-state index in [0.717, 1.165) is 65.4 Å². The molecule has 0 saturated carbocycles. The van der Waals surface area contributed by atoms with Gasteiger partial charge in [0, 0.05) is 37.3 Å². The molecule has 0 unspecified atom stereocenters. The number of rotatable bonds is 11. The third kappa shape index (κ3) is 6.97. The first-order valence-electron chi connectivity index (χ1n) is 14.2. The Balaban J connectivity index is 1.60. The number of nitrogens with zero attached hydrogens (tertiary/aromatic N) is 3. The summed E-state index contributed by atoms with van der Waals surface area (Å²) in [6.45, 7) is 4.17. The fourth-order valence-electron chi connectivity index (χ4n) is 5.20. The van der Waals surface area contributed by atoms with E-state index >= 15 is 0 Å². The summed E-state index contributed by atoms with van der Waals surface area (Å²) in [7, 11) is 0. The van der Waals surface area contributed by atoms with Crippen LogP contribution < -0.4 is 0 Å². The lowest BCUT2D eigenvalue weighted by atomic mass is 10.1. The number of halogens is 4. The van der Waals surface area contributed by atoms with Gasteiger partial charge in [-0.3, -0.25) is 4.90 Å². The summed E-state index contributed by atoms with van der Waals surface area (Å²) in [5.74, 6) is -0.387. The predicted octanol–water partition coefficient (Wildman–Crippen LogP) is 9.38. The molecule has 0 aliphatic carbocycles. The first-order chi connectivity index (χ1) is 20.3. The van der Waals surface area contributed by atoms with Crippen LogP contribution in [-0.2, 0) is 32.4 Å². The van der Waals surface area contributed by atoms with Gasteiger partial charge in [-0.2, -0.15) is 13.2 Å². The SMILES string of the molecule is CCCCn1c(-c2ccccc2)nc(-c2ccccc2)c1CN(Cc1ccccc1)Cc1ccc(C(F)(F)F)c(F)c1. The van der Waals surface area contributed by atoms with Crippen LogP contribution in [0.3, 0.4) is 0 Å². The summed E-state index contributed by atoms with van der Waals surface area (Å²) >= 11 is 0. The third-order valence-electron chi connectivity index (χ3n) is 7.25. The lowest BCUT2D eigenvalue weighted by Gasteiger charge is -2.25. The van der Waals surface area contributed by atoms with E-state index < -0.39 is 17.6 Å². The van der Waals surface area contributed by atoms with Crippen LogP contribution in [0.15, 0.2) is 109 Å². The summed E-state index contributed by atoms with van der Waals surface area (Å²) < 4.78 is 56.6. The number of unbranched alkanes of at least 4 members (excludes halogenated alkanes) is 1. The molecule has 0 atom stereocenters. The largest absolute Gasteiger partial charge is 0.419 e. The van der Waals surface area contributed by atoms with E-state index in [-0.39, 0.29) is 6.54 Å². The van der Waals surface area contributed by atoms with Crippen LogP contribution in [0.2, 0.25) is 0 Å². The minimum absolute atomic E-state index is 0.262. The van der Waals surface area contributed by atoms with E-state index in [1.54, 1.807) is 0 Å². The topological polar surface area (TPSA) is 21.1 Å².